The summed E-state index contributed by atoms with van der Waals surface area (Å²) in [6.45, 7) is 9.68. The molecule has 0 saturated carbocycles. The molecule has 2 aromatic rings. The van der Waals surface area contributed by atoms with E-state index in [1.165, 1.54) is 36.4 Å². The van der Waals surface area contributed by atoms with E-state index >= 15 is 0 Å². The number of rotatable bonds is 4. The molecule has 0 aliphatic carbocycles. The summed E-state index contributed by atoms with van der Waals surface area (Å²) in [7, 11) is 0. The van der Waals surface area contributed by atoms with Crippen LogP contribution >= 0.6 is 46.4 Å². The van der Waals surface area contributed by atoms with Gasteiger partial charge in [0, 0.05) is 11.1 Å². The van der Waals surface area contributed by atoms with Gasteiger partial charge >= 0.3 is 12.2 Å². The fourth-order valence-corrected chi connectivity index (χ4v) is 3.11. The van der Waals surface area contributed by atoms with Crippen molar-refractivity contribution in [2.45, 2.75) is 52.7 Å². The van der Waals surface area contributed by atoms with Crippen molar-refractivity contribution in [1.82, 2.24) is 5.01 Å². The third-order valence-electron chi connectivity index (χ3n) is 3.92. The Hall–Kier alpha value is -2.32. The number of amides is 2. The van der Waals surface area contributed by atoms with Crippen LogP contribution in [0.15, 0.2) is 41.5 Å². The summed E-state index contributed by atoms with van der Waals surface area (Å²) in [6, 6.07) is 8.48. The molecule has 0 aliphatic heterocycles. The Morgan fingerprint density at radius 3 is 1.49 bits per heavy atom. The van der Waals surface area contributed by atoms with E-state index in [1.807, 2.05) is 0 Å². The summed E-state index contributed by atoms with van der Waals surface area (Å²) in [4.78, 5) is 39.4. The number of carbonyl (C=O) groups excluding carboxylic acids is 3. The Morgan fingerprint density at radius 2 is 1.09 bits per heavy atom. The van der Waals surface area contributed by atoms with Crippen LogP contribution in [0.4, 0.5) is 9.59 Å². The molecule has 2 amide bonds. The molecule has 0 fully saturated rings. The van der Waals surface area contributed by atoms with E-state index in [0.717, 1.165) is 0 Å². The molecule has 35 heavy (non-hydrogen) atoms. The smallest absolute Gasteiger partial charge is 0.441 e. The first kappa shape index (κ1) is 28.9. The molecule has 2 aromatic carbocycles. The van der Waals surface area contributed by atoms with Crippen LogP contribution in [0.2, 0.25) is 20.1 Å². The Kier molecular flexibility index (Phi) is 9.22. The summed E-state index contributed by atoms with van der Waals surface area (Å²) in [5.41, 5.74) is -1.99. The second kappa shape index (κ2) is 11.2. The molecule has 0 radical (unpaired) electrons. The summed E-state index contributed by atoms with van der Waals surface area (Å²) < 4.78 is 10.6. The van der Waals surface area contributed by atoms with E-state index in [0.29, 0.717) is 5.01 Å². The molecular formula is C24H24Cl4N2O5. The highest BCUT2D eigenvalue weighted by atomic mass is 35.5. The van der Waals surface area contributed by atoms with E-state index in [4.69, 9.17) is 55.9 Å². The van der Waals surface area contributed by atoms with Crippen molar-refractivity contribution in [2.24, 2.45) is 5.10 Å². The third-order valence-corrected chi connectivity index (χ3v) is 5.40. The van der Waals surface area contributed by atoms with Crippen LogP contribution in [0, 0.1) is 0 Å². The Labute approximate surface area is 223 Å². The van der Waals surface area contributed by atoms with Gasteiger partial charge in [0.1, 0.15) is 16.9 Å². The average molecular weight is 562 g/mol. The molecule has 0 spiro atoms. The number of hydrogen-bond acceptors (Lipinski definition) is 6. The van der Waals surface area contributed by atoms with Gasteiger partial charge in [-0.15, -0.1) is 0 Å². The molecular weight excluding hydrogens is 538 g/mol. The van der Waals surface area contributed by atoms with Crippen molar-refractivity contribution in [2.75, 3.05) is 0 Å². The van der Waals surface area contributed by atoms with Crippen LogP contribution in [0.25, 0.3) is 0 Å². The number of ether oxygens (including phenoxy) is 2. The predicted molar refractivity (Wildman–Crippen MR) is 138 cm³/mol. The molecule has 0 saturated heterocycles. The van der Waals surface area contributed by atoms with Crippen molar-refractivity contribution >= 4 is 70.1 Å². The molecule has 7 nitrogen and oxygen atoms in total. The van der Waals surface area contributed by atoms with Gasteiger partial charge in [-0.05, 0) is 71.9 Å². The lowest BCUT2D eigenvalue weighted by molar-refractivity contribution is 0.00194. The van der Waals surface area contributed by atoms with Gasteiger partial charge in [0.2, 0.25) is 5.78 Å². The van der Waals surface area contributed by atoms with Crippen LogP contribution in [0.1, 0.15) is 57.5 Å². The number of carbonyl (C=O) groups is 3. The first-order valence-electron chi connectivity index (χ1n) is 10.3. The molecule has 0 heterocycles. The lowest BCUT2D eigenvalue weighted by Crippen LogP contribution is -2.41. The number of hydrogen-bond donors (Lipinski definition) is 0. The first-order chi connectivity index (χ1) is 16.0. The van der Waals surface area contributed by atoms with Gasteiger partial charge in [0.15, 0.2) is 0 Å². The van der Waals surface area contributed by atoms with E-state index in [2.05, 4.69) is 5.10 Å². The van der Waals surface area contributed by atoms with Crippen LogP contribution < -0.4 is 0 Å². The second-order valence-corrected chi connectivity index (χ2v) is 10.9. The minimum absolute atomic E-state index is 0.0950. The van der Waals surface area contributed by atoms with Crippen molar-refractivity contribution < 1.29 is 23.9 Å². The van der Waals surface area contributed by atoms with Gasteiger partial charge in [-0.2, -0.15) is 5.10 Å². The molecule has 0 N–H and O–H groups in total. The van der Waals surface area contributed by atoms with Crippen LogP contribution in [0.5, 0.6) is 0 Å². The van der Waals surface area contributed by atoms with Gasteiger partial charge in [-0.3, -0.25) is 4.79 Å². The second-order valence-electron chi connectivity index (χ2n) is 9.31. The van der Waals surface area contributed by atoms with Gasteiger partial charge in [0.05, 0.1) is 20.1 Å². The van der Waals surface area contributed by atoms with E-state index in [9.17, 15) is 14.4 Å². The maximum Gasteiger partial charge on any atom is 0.441 e. The zero-order chi connectivity index (χ0) is 26.7. The van der Waals surface area contributed by atoms with Crippen molar-refractivity contribution in [3.63, 3.8) is 0 Å². The lowest BCUT2D eigenvalue weighted by Gasteiger charge is -2.26. The number of hydrazone groups is 1. The number of Topliss-reactive ketones (excluding diaryl/α,β-unsaturated/α-hetero) is 1. The molecule has 0 aliphatic rings. The fraction of sp³-hybridized carbons (Fsp3) is 0.333. The third kappa shape index (κ3) is 8.39. The molecule has 0 bridgehead atoms. The van der Waals surface area contributed by atoms with Crippen molar-refractivity contribution in [3.05, 3.63) is 67.6 Å². The summed E-state index contributed by atoms with van der Waals surface area (Å²) in [6.07, 6.45) is -2.29. The zero-order valence-electron chi connectivity index (χ0n) is 19.9. The Morgan fingerprint density at radius 1 is 0.686 bits per heavy atom. The van der Waals surface area contributed by atoms with Crippen molar-refractivity contribution in [1.29, 1.82) is 0 Å². The standard InChI is InChI=1S/C24H24Cl4N2O5/c1-23(2,3)34-21(32)30(22(33)35-24(4,5)6)29-19(13-7-9-15(25)17(27)11-13)20(31)14-8-10-16(26)18(28)12-14/h7-12H,1-6H3/b29-19-. The maximum atomic E-state index is 13.5. The maximum absolute atomic E-state index is 13.5. The zero-order valence-corrected chi connectivity index (χ0v) is 22.9. The first-order valence-corrected chi connectivity index (χ1v) is 11.8. The summed E-state index contributed by atoms with van der Waals surface area (Å²) in [5.74, 6) is -0.681. The largest absolute Gasteiger partial charge is 0.442 e. The van der Waals surface area contributed by atoms with Gasteiger partial charge in [-0.25, -0.2) is 9.59 Å². The minimum Gasteiger partial charge on any atom is -0.442 e. The van der Waals surface area contributed by atoms with E-state index in [1.54, 1.807) is 41.5 Å². The Bertz CT molecular complexity index is 1160. The predicted octanol–water partition coefficient (Wildman–Crippen LogP) is 8.06. The van der Waals surface area contributed by atoms with Crippen LogP contribution in [-0.4, -0.2) is 39.9 Å². The molecule has 188 valence electrons. The van der Waals surface area contributed by atoms with Crippen LogP contribution in [-0.2, 0) is 9.47 Å². The number of imide groups is 1. The Balaban J connectivity index is 2.72. The highest BCUT2D eigenvalue weighted by Gasteiger charge is 2.33. The summed E-state index contributed by atoms with van der Waals surface area (Å²) in [5, 5.41) is 5.16. The number of nitrogens with zero attached hydrogens (tertiary/aromatic N) is 2. The number of ketones is 1. The van der Waals surface area contributed by atoms with E-state index < -0.39 is 29.2 Å². The molecule has 0 atom stereocenters. The fourth-order valence-electron chi connectivity index (χ4n) is 2.52. The van der Waals surface area contributed by atoms with Gasteiger partial charge in [-0.1, -0.05) is 57.5 Å². The van der Waals surface area contributed by atoms with Gasteiger partial charge < -0.3 is 9.47 Å². The molecule has 0 aromatic heterocycles. The lowest BCUT2D eigenvalue weighted by atomic mass is 10.0. The average Bonchev–Trinajstić information content (AvgIpc) is 2.69. The summed E-state index contributed by atoms with van der Waals surface area (Å²) >= 11 is 24.2. The van der Waals surface area contributed by atoms with Crippen LogP contribution in [0.3, 0.4) is 0 Å². The SMILES string of the molecule is CC(C)(C)OC(=O)N(/N=C(\C(=O)c1ccc(Cl)c(Cl)c1)c1ccc(Cl)c(Cl)c1)C(=O)OC(C)(C)C. The highest BCUT2D eigenvalue weighted by Crippen LogP contribution is 2.27. The molecule has 11 heteroatoms. The molecule has 0 unspecified atom stereocenters. The monoisotopic (exact) mass is 560 g/mol. The number of halogens is 4. The number of benzene rings is 2. The quantitative estimate of drug-likeness (QED) is 0.214. The van der Waals surface area contributed by atoms with Gasteiger partial charge in [0.25, 0.3) is 0 Å². The van der Waals surface area contributed by atoms with Crippen molar-refractivity contribution in [3.8, 4) is 0 Å². The topological polar surface area (TPSA) is 85.3 Å². The highest BCUT2D eigenvalue weighted by molar-refractivity contribution is 6.52. The minimum atomic E-state index is -1.15. The molecule has 2 rings (SSSR count). The van der Waals surface area contributed by atoms with E-state index in [-0.39, 0.29) is 36.9 Å². The normalized spacial score (nSPS) is 12.2.